The van der Waals surface area contributed by atoms with Crippen molar-refractivity contribution in [1.82, 2.24) is 19.6 Å². The predicted molar refractivity (Wildman–Crippen MR) is 93.0 cm³/mol. The number of sulfonamides is 1. The van der Waals surface area contributed by atoms with Crippen LogP contribution in [-0.2, 0) is 28.4 Å². The van der Waals surface area contributed by atoms with Crippen LogP contribution in [0.1, 0.15) is 28.2 Å². The Balaban J connectivity index is 1.79. The minimum Gasteiger partial charge on any atom is -0.478 e. The Hall–Kier alpha value is -2.72. The zero-order valence-corrected chi connectivity index (χ0v) is 15.2. The summed E-state index contributed by atoms with van der Waals surface area (Å²) in [4.78, 5) is 26.5. The second-order valence-corrected chi connectivity index (χ2v) is 7.38. The summed E-state index contributed by atoms with van der Waals surface area (Å²) in [5.41, 5.74) is 0.909. The van der Waals surface area contributed by atoms with Gasteiger partial charge in [0.1, 0.15) is 5.82 Å². The maximum atomic E-state index is 12.1. The number of nitrogens with one attached hydrogen (secondary N) is 2. The van der Waals surface area contributed by atoms with Crippen molar-refractivity contribution in [3.63, 3.8) is 0 Å². The van der Waals surface area contributed by atoms with Gasteiger partial charge in [-0.25, -0.2) is 22.9 Å². The molecule has 0 bridgehead atoms. The average molecular weight is 380 g/mol. The third-order valence-electron chi connectivity index (χ3n) is 3.70. The number of carboxylic acids is 1. The fourth-order valence-corrected chi connectivity index (χ4v) is 3.15. The fraction of sp³-hybridized carbons (Fsp3) is 0.312. The van der Waals surface area contributed by atoms with Crippen LogP contribution in [0.4, 0.5) is 0 Å². The lowest BCUT2D eigenvalue weighted by molar-refractivity contribution is -0.121. The summed E-state index contributed by atoms with van der Waals surface area (Å²) in [5.74, 6) is -0.778. The first-order valence-corrected chi connectivity index (χ1v) is 9.26. The Morgan fingerprint density at radius 1 is 1.23 bits per heavy atom. The lowest BCUT2D eigenvalue weighted by atomic mass is 10.1. The molecular formula is C16H20N4O5S. The second kappa shape index (κ2) is 8.11. The number of carbonyl (C=O) groups excluding carboxylic acids is 1. The molecule has 0 aliphatic heterocycles. The Labute approximate surface area is 151 Å². The molecule has 0 spiro atoms. The quantitative estimate of drug-likeness (QED) is 0.608. The summed E-state index contributed by atoms with van der Waals surface area (Å²) in [5, 5.41) is 11.4. The highest BCUT2D eigenvalue weighted by molar-refractivity contribution is 7.89. The Morgan fingerprint density at radius 3 is 2.42 bits per heavy atom. The van der Waals surface area contributed by atoms with Gasteiger partial charge in [0.2, 0.25) is 5.91 Å². The molecule has 2 aromatic rings. The topological polar surface area (TPSA) is 130 Å². The van der Waals surface area contributed by atoms with Crippen molar-refractivity contribution in [1.29, 1.82) is 0 Å². The normalized spacial score (nSPS) is 11.3. The molecule has 1 amide bonds. The zero-order valence-electron chi connectivity index (χ0n) is 14.4. The number of aromatic carboxylic acids is 1. The van der Waals surface area contributed by atoms with E-state index < -0.39 is 16.0 Å². The van der Waals surface area contributed by atoms with Gasteiger partial charge in [0.25, 0.3) is 10.0 Å². The number of hydrogen-bond donors (Lipinski definition) is 3. The molecule has 0 aliphatic rings. The van der Waals surface area contributed by atoms with Gasteiger partial charge in [0.05, 0.1) is 5.56 Å². The molecule has 3 N–H and O–H groups in total. The van der Waals surface area contributed by atoms with Gasteiger partial charge in [-0.2, -0.15) is 0 Å². The summed E-state index contributed by atoms with van der Waals surface area (Å²) in [6.07, 6.45) is 1.37. The fourth-order valence-electron chi connectivity index (χ4n) is 2.08. The van der Waals surface area contributed by atoms with Crippen molar-refractivity contribution in [2.24, 2.45) is 7.05 Å². The molecular weight excluding hydrogens is 360 g/mol. The molecule has 1 heterocycles. The molecule has 26 heavy (non-hydrogen) atoms. The molecule has 0 saturated heterocycles. The number of hydrogen-bond acceptors (Lipinski definition) is 5. The number of benzene rings is 1. The van der Waals surface area contributed by atoms with Gasteiger partial charge in [-0.05, 0) is 24.6 Å². The van der Waals surface area contributed by atoms with E-state index in [1.165, 1.54) is 18.3 Å². The summed E-state index contributed by atoms with van der Waals surface area (Å²) < 4.78 is 28.1. The summed E-state index contributed by atoms with van der Waals surface area (Å²) >= 11 is 0. The first-order chi connectivity index (χ1) is 12.2. The van der Waals surface area contributed by atoms with Crippen LogP contribution < -0.4 is 10.0 Å². The van der Waals surface area contributed by atoms with Gasteiger partial charge in [-0.1, -0.05) is 12.1 Å². The predicted octanol–water partition coefficient (Wildman–Crippen LogP) is 0.412. The maximum absolute atomic E-state index is 12.1. The van der Waals surface area contributed by atoms with Crippen molar-refractivity contribution < 1.29 is 23.1 Å². The number of carbonyl (C=O) groups is 2. The van der Waals surface area contributed by atoms with Gasteiger partial charge in [-0.15, -0.1) is 0 Å². The van der Waals surface area contributed by atoms with E-state index in [0.29, 0.717) is 5.82 Å². The van der Waals surface area contributed by atoms with E-state index in [0.717, 1.165) is 5.56 Å². The van der Waals surface area contributed by atoms with Crippen LogP contribution in [0.25, 0.3) is 0 Å². The van der Waals surface area contributed by atoms with Gasteiger partial charge in [0.15, 0.2) is 5.03 Å². The third kappa shape index (κ3) is 5.14. The highest BCUT2D eigenvalue weighted by Crippen LogP contribution is 2.07. The van der Waals surface area contributed by atoms with E-state index in [-0.39, 0.29) is 36.0 Å². The minimum absolute atomic E-state index is 0.0295. The SMILES string of the molecule is Cc1nc(S(=O)(=O)NCCC(=O)NCc2ccc(C(=O)O)cc2)cn1C. The van der Waals surface area contributed by atoms with Crippen LogP contribution in [0.2, 0.25) is 0 Å². The number of rotatable bonds is 8. The van der Waals surface area contributed by atoms with E-state index in [2.05, 4.69) is 15.0 Å². The van der Waals surface area contributed by atoms with Crippen LogP contribution in [0.15, 0.2) is 35.5 Å². The number of amides is 1. The van der Waals surface area contributed by atoms with Crippen molar-refractivity contribution in [2.75, 3.05) is 6.54 Å². The lowest BCUT2D eigenvalue weighted by Crippen LogP contribution is -2.30. The number of carboxylic acid groups (broad SMARTS) is 1. The number of aromatic nitrogens is 2. The van der Waals surface area contributed by atoms with Crippen LogP contribution in [0.5, 0.6) is 0 Å². The van der Waals surface area contributed by atoms with Gasteiger partial charge in [0, 0.05) is 32.8 Å². The molecule has 0 saturated carbocycles. The number of imidazole rings is 1. The lowest BCUT2D eigenvalue weighted by Gasteiger charge is -2.07. The monoisotopic (exact) mass is 380 g/mol. The van der Waals surface area contributed by atoms with Crippen LogP contribution in [0, 0.1) is 6.92 Å². The summed E-state index contributed by atoms with van der Waals surface area (Å²) in [6, 6.07) is 6.12. The van der Waals surface area contributed by atoms with Crippen LogP contribution in [0.3, 0.4) is 0 Å². The molecule has 0 unspecified atom stereocenters. The van der Waals surface area contributed by atoms with E-state index >= 15 is 0 Å². The molecule has 0 aliphatic carbocycles. The molecule has 0 fully saturated rings. The second-order valence-electron chi connectivity index (χ2n) is 5.66. The molecule has 9 nitrogen and oxygen atoms in total. The first-order valence-electron chi connectivity index (χ1n) is 7.77. The first kappa shape index (κ1) is 19.6. The van der Waals surface area contributed by atoms with Crippen molar-refractivity contribution in [2.45, 2.75) is 24.9 Å². The number of nitrogens with zero attached hydrogens (tertiary/aromatic N) is 2. The Bertz CT molecular complexity index is 884. The van der Waals surface area contributed by atoms with Gasteiger partial charge < -0.3 is 15.0 Å². The van der Waals surface area contributed by atoms with Crippen LogP contribution in [-0.4, -0.2) is 41.5 Å². The highest BCUT2D eigenvalue weighted by atomic mass is 32.2. The molecule has 140 valence electrons. The van der Waals surface area contributed by atoms with E-state index in [4.69, 9.17) is 5.11 Å². The molecule has 1 aromatic carbocycles. The van der Waals surface area contributed by atoms with Crippen molar-refractivity contribution >= 4 is 21.9 Å². The van der Waals surface area contributed by atoms with Crippen molar-refractivity contribution in [3.05, 3.63) is 47.4 Å². The minimum atomic E-state index is -3.76. The molecule has 10 heteroatoms. The number of aryl methyl sites for hydroxylation is 2. The molecule has 0 atom stereocenters. The standard InChI is InChI=1S/C16H20N4O5S/c1-11-19-15(10-20(11)2)26(24,25)18-8-7-14(21)17-9-12-3-5-13(6-4-12)16(22)23/h3-6,10,18H,7-9H2,1-2H3,(H,17,21)(H,22,23). The van der Waals surface area contributed by atoms with Gasteiger partial charge >= 0.3 is 5.97 Å². The van der Waals surface area contributed by atoms with E-state index in [1.54, 1.807) is 30.7 Å². The van der Waals surface area contributed by atoms with Crippen LogP contribution >= 0.6 is 0 Å². The molecule has 1 aromatic heterocycles. The maximum Gasteiger partial charge on any atom is 0.335 e. The zero-order chi connectivity index (χ0) is 19.3. The average Bonchev–Trinajstić information content (AvgIpc) is 2.93. The largest absolute Gasteiger partial charge is 0.478 e. The van der Waals surface area contributed by atoms with E-state index in [1.807, 2.05) is 0 Å². The summed E-state index contributed by atoms with van der Waals surface area (Å²) in [6.45, 7) is 1.86. The Kier molecular flexibility index (Phi) is 6.11. The smallest absolute Gasteiger partial charge is 0.335 e. The van der Waals surface area contributed by atoms with Gasteiger partial charge in [-0.3, -0.25) is 4.79 Å². The highest BCUT2D eigenvalue weighted by Gasteiger charge is 2.18. The summed E-state index contributed by atoms with van der Waals surface area (Å²) in [7, 11) is -2.06. The Morgan fingerprint density at radius 2 is 1.88 bits per heavy atom. The van der Waals surface area contributed by atoms with Crippen molar-refractivity contribution in [3.8, 4) is 0 Å². The molecule has 2 rings (SSSR count). The third-order valence-corrected chi connectivity index (χ3v) is 5.03. The van der Waals surface area contributed by atoms with E-state index in [9.17, 15) is 18.0 Å². The molecule has 0 radical (unpaired) electrons.